The maximum atomic E-state index is 10.6. The van der Waals surface area contributed by atoms with Crippen LogP contribution in [0.3, 0.4) is 0 Å². The van der Waals surface area contributed by atoms with Crippen molar-refractivity contribution < 1.29 is 9.53 Å². The smallest absolute Gasteiger partial charge is 0.303 e. The van der Waals surface area contributed by atoms with Crippen LogP contribution in [0.1, 0.15) is 26.2 Å². The third kappa shape index (κ3) is 3.37. The Bertz CT molecular complexity index is 204. The first kappa shape index (κ1) is 9.04. The van der Waals surface area contributed by atoms with Crippen LogP contribution in [0, 0.1) is 0 Å². The van der Waals surface area contributed by atoms with Crippen LogP contribution in [0.5, 0.6) is 0 Å². The minimum absolute atomic E-state index is 0.0209. The van der Waals surface area contributed by atoms with E-state index < -0.39 is 0 Å². The van der Waals surface area contributed by atoms with E-state index in [4.69, 9.17) is 4.74 Å². The van der Waals surface area contributed by atoms with E-state index in [1.54, 1.807) is 0 Å². The molecule has 0 bridgehead atoms. The van der Waals surface area contributed by atoms with Crippen LogP contribution in [0.2, 0.25) is 0 Å². The lowest BCUT2D eigenvalue weighted by Crippen LogP contribution is -2.13. The van der Waals surface area contributed by atoms with Gasteiger partial charge in [-0.3, -0.25) is 4.79 Å². The zero-order valence-electron chi connectivity index (χ0n) is 7.32. The zero-order valence-corrected chi connectivity index (χ0v) is 7.32. The predicted octanol–water partition coefficient (Wildman–Crippen LogP) is 2.21. The molecule has 2 heteroatoms. The van der Waals surface area contributed by atoms with Crippen molar-refractivity contribution in [1.82, 2.24) is 0 Å². The van der Waals surface area contributed by atoms with Gasteiger partial charge in [-0.1, -0.05) is 18.2 Å². The van der Waals surface area contributed by atoms with Crippen molar-refractivity contribution >= 4 is 5.97 Å². The maximum absolute atomic E-state index is 10.6. The van der Waals surface area contributed by atoms with Crippen molar-refractivity contribution in [3.8, 4) is 0 Å². The lowest BCUT2D eigenvalue weighted by molar-refractivity contribution is -0.144. The second kappa shape index (κ2) is 4.75. The van der Waals surface area contributed by atoms with Gasteiger partial charge in [-0.25, -0.2) is 0 Å². The molecule has 0 aromatic rings. The Morgan fingerprint density at radius 3 is 3.08 bits per heavy atom. The van der Waals surface area contributed by atoms with Crippen molar-refractivity contribution in [2.75, 3.05) is 0 Å². The van der Waals surface area contributed by atoms with Gasteiger partial charge in [0, 0.05) is 6.92 Å². The fraction of sp³-hybridized carbons (Fsp3) is 0.500. The Labute approximate surface area is 72.9 Å². The van der Waals surface area contributed by atoms with E-state index in [1.807, 2.05) is 18.2 Å². The van der Waals surface area contributed by atoms with Gasteiger partial charge in [0.1, 0.15) is 6.10 Å². The number of rotatable bonds is 1. The normalized spacial score (nSPS) is 22.9. The molecule has 0 fully saturated rings. The van der Waals surface area contributed by atoms with Gasteiger partial charge in [0.25, 0.3) is 0 Å². The summed E-state index contributed by atoms with van der Waals surface area (Å²) in [4.78, 5) is 10.6. The average Bonchev–Trinajstić information content (AvgIpc) is 1.93. The fourth-order valence-corrected chi connectivity index (χ4v) is 1.21. The van der Waals surface area contributed by atoms with E-state index in [1.165, 1.54) is 6.92 Å². The molecular formula is C10H14O2. The SMILES string of the molecule is CC(=O)O[C@@H]1C=CC=CCCC1. The van der Waals surface area contributed by atoms with Gasteiger partial charge in [0.05, 0.1) is 0 Å². The summed E-state index contributed by atoms with van der Waals surface area (Å²) in [6.45, 7) is 1.45. The van der Waals surface area contributed by atoms with Gasteiger partial charge in [-0.05, 0) is 25.3 Å². The standard InChI is InChI=1S/C10H14O2/c1-9(11)12-10-7-5-3-2-4-6-8-10/h2-3,5,7,10H,4,6,8H2,1H3/t10-/m1/s1. The minimum atomic E-state index is -0.200. The van der Waals surface area contributed by atoms with Gasteiger partial charge < -0.3 is 4.74 Å². The summed E-state index contributed by atoms with van der Waals surface area (Å²) in [6.07, 6.45) is 11.0. The molecule has 0 saturated heterocycles. The van der Waals surface area contributed by atoms with Gasteiger partial charge in [-0.2, -0.15) is 0 Å². The van der Waals surface area contributed by atoms with Crippen molar-refractivity contribution in [2.45, 2.75) is 32.3 Å². The summed E-state index contributed by atoms with van der Waals surface area (Å²) < 4.78 is 5.07. The molecule has 1 aliphatic carbocycles. The Balaban J connectivity index is 2.45. The fourth-order valence-electron chi connectivity index (χ4n) is 1.21. The van der Waals surface area contributed by atoms with Crippen LogP contribution >= 0.6 is 0 Å². The maximum Gasteiger partial charge on any atom is 0.303 e. The second-order valence-corrected chi connectivity index (χ2v) is 2.89. The average molecular weight is 166 g/mol. The molecule has 0 amide bonds. The van der Waals surface area contributed by atoms with Gasteiger partial charge in [0.15, 0.2) is 0 Å². The number of carbonyl (C=O) groups excluding carboxylic acids is 1. The molecule has 0 aromatic heterocycles. The van der Waals surface area contributed by atoms with E-state index in [9.17, 15) is 4.79 Å². The van der Waals surface area contributed by atoms with Crippen LogP contribution in [0.4, 0.5) is 0 Å². The quantitative estimate of drug-likeness (QED) is 0.558. The number of esters is 1. The first-order valence-corrected chi connectivity index (χ1v) is 4.29. The molecule has 0 heterocycles. The Morgan fingerprint density at radius 1 is 1.50 bits per heavy atom. The van der Waals surface area contributed by atoms with Crippen molar-refractivity contribution in [3.63, 3.8) is 0 Å². The number of hydrogen-bond donors (Lipinski definition) is 0. The number of hydrogen-bond acceptors (Lipinski definition) is 2. The van der Waals surface area contributed by atoms with Gasteiger partial charge in [0.2, 0.25) is 0 Å². The topological polar surface area (TPSA) is 26.3 Å². The van der Waals surface area contributed by atoms with Crippen molar-refractivity contribution in [1.29, 1.82) is 0 Å². The summed E-state index contributed by atoms with van der Waals surface area (Å²) in [5.41, 5.74) is 0. The zero-order chi connectivity index (χ0) is 8.81. The van der Waals surface area contributed by atoms with Gasteiger partial charge in [-0.15, -0.1) is 0 Å². The lowest BCUT2D eigenvalue weighted by Gasteiger charge is -2.12. The highest BCUT2D eigenvalue weighted by Crippen LogP contribution is 2.10. The molecule has 0 spiro atoms. The van der Waals surface area contributed by atoms with E-state index in [-0.39, 0.29) is 12.1 Å². The molecule has 0 radical (unpaired) electrons. The third-order valence-corrected chi connectivity index (χ3v) is 1.75. The monoisotopic (exact) mass is 166 g/mol. The summed E-state index contributed by atoms with van der Waals surface area (Å²) in [7, 11) is 0. The van der Waals surface area contributed by atoms with Crippen molar-refractivity contribution in [3.05, 3.63) is 24.3 Å². The Morgan fingerprint density at radius 2 is 2.33 bits per heavy atom. The molecule has 1 rings (SSSR count). The van der Waals surface area contributed by atoms with E-state index in [2.05, 4.69) is 6.08 Å². The van der Waals surface area contributed by atoms with Crippen LogP contribution in [0.25, 0.3) is 0 Å². The summed E-state index contributed by atoms with van der Waals surface area (Å²) in [5.74, 6) is -0.200. The molecular weight excluding hydrogens is 152 g/mol. The van der Waals surface area contributed by atoms with E-state index in [0.717, 1.165) is 19.3 Å². The lowest BCUT2D eigenvalue weighted by atomic mass is 10.1. The molecule has 0 unspecified atom stereocenters. The van der Waals surface area contributed by atoms with Gasteiger partial charge >= 0.3 is 5.97 Å². The molecule has 0 N–H and O–H groups in total. The van der Waals surface area contributed by atoms with E-state index in [0.29, 0.717) is 0 Å². The molecule has 2 nitrogen and oxygen atoms in total. The van der Waals surface area contributed by atoms with Crippen LogP contribution < -0.4 is 0 Å². The van der Waals surface area contributed by atoms with E-state index >= 15 is 0 Å². The molecule has 0 aliphatic heterocycles. The highest BCUT2D eigenvalue weighted by molar-refractivity contribution is 5.66. The summed E-state index contributed by atoms with van der Waals surface area (Å²) in [5, 5.41) is 0. The minimum Gasteiger partial charge on any atom is -0.458 e. The molecule has 0 aromatic carbocycles. The second-order valence-electron chi connectivity index (χ2n) is 2.89. The largest absolute Gasteiger partial charge is 0.458 e. The Kier molecular flexibility index (Phi) is 3.58. The number of ether oxygens (including phenoxy) is 1. The summed E-state index contributed by atoms with van der Waals surface area (Å²) in [6, 6.07) is 0. The highest BCUT2D eigenvalue weighted by Gasteiger charge is 2.07. The molecule has 12 heavy (non-hydrogen) atoms. The third-order valence-electron chi connectivity index (χ3n) is 1.75. The number of carbonyl (C=O) groups is 1. The molecule has 66 valence electrons. The first-order valence-electron chi connectivity index (χ1n) is 4.29. The summed E-state index contributed by atoms with van der Waals surface area (Å²) >= 11 is 0. The van der Waals surface area contributed by atoms with Crippen molar-refractivity contribution in [2.24, 2.45) is 0 Å². The molecule has 1 atom stereocenters. The molecule has 0 saturated carbocycles. The van der Waals surface area contributed by atoms with Crippen LogP contribution in [-0.4, -0.2) is 12.1 Å². The predicted molar refractivity (Wildman–Crippen MR) is 47.7 cm³/mol. The first-order chi connectivity index (χ1) is 5.79. The highest BCUT2D eigenvalue weighted by atomic mass is 16.5. The molecule has 1 aliphatic rings. The Hall–Kier alpha value is -1.05. The number of allylic oxidation sites excluding steroid dienone is 3. The van der Waals surface area contributed by atoms with Crippen LogP contribution in [0.15, 0.2) is 24.3 Å². The van der Waals surface area contributed by atoms with Crippen LogP contribution in [-0.2, 0) is 9.53 Å².